The van der Waals surface area contributed by atoms with Crippen LogP contribution in [0.15, 0.2) is 41.9 Å². The van der Waals surface area contributed by atoms with Gasteiger partial charge in [-0.05, 0) is 23.6 Å². The molecule has 1 N–H and O–H groups in total. The minimum absolute atomic E-state index is 0.0292. The smallest absolute Gasteiger partial charge is 0.279 e. The molecule has 0 aliphatic carbocycles. The molecule has 1 aromatic carbocycles. The molecule has 1 unspecified atom stereocenters. The molecule has 2 aromatic heterocycles. The third-order valence-electron chi connectivity index (χ3n) is 4.16. The zero-order valence-electron chi connectivity index (χ0n) is 13.5. The quantitative estimate of drug-likeness (QED) is 0.521. The van der Waals surface area contributed by atoms with Crippen LogP contribution in [0.1, 0.15) is 36.1 Å². The topological polar surface area (TPSA) is 93.3 Å². The number of nitrogens with zero attached hydrogens (tertiary/aromatic N) is 2. The molecular weight excluding hydrogens is 340 g/mol. The average molecular weight is 356 g/mol. The van der Waals surface area contributed by atoms with Crippen molar-refractivity contribution in [3.63, 3.8) is 0 Å². The first kappa shape index (κ1) is 17.0. The largest absolute Gasteiger partial charge is 0.505 e. The molecule has 0 aliphatic rings. The maximum atomic E-state index is 12.1. The van der Waals surface area contributed by atoms with Gasteiger partial charge in [-0.2, -0.15) is 0 Å². The zero-order valence-corrected chi connectivity index (χ0v) is 14.3. The molecule has 6 nitrogen and oxygen atoms in total. The Balaban J connectivity index is 2.25. The minimum Gasteiger partial charge on any atom is -0.505 e. The second-order valence-corrected chi connectivity index (χ2v) is 6.63. The Morgan fingerprint density at radius 1 is 1.40 bits per heavy atom. The van der Waals surface area contributed by atoms with E-state index in [0.717, 1.165) is 4.88 Å². The van der Waals surface area contributed by atoms with Crippen LogP contribution in [-0.2, 0) is 4.79 Å². The summed E-state index contributed by atoms with van der Waals surface area (Å²) in [7, 11) is 0. The number of nitro groups is 1. The van der Waals surface area contributed by atoms with Gasteiger partial charge in [0.25, 0.3) is 5.69 Å². The number of thiophene rings is 1. The minimum atomic E-state index is -0.486. The summed E-state index contributed by atoms with van der Waals surface area (Å²) >= 11 is 1.45. The van der Waals surface area contributed by atoms with Crippen molar-refractivity contribution < 1.29 is 14.8 Å². The lowest BCUT2D eigenvalue weighted by molar-refractivity contribution is -0.383. The van der Waals surface area contributed by atoms with E-state index in [1.807, 2.05) is 17.5 Å². The molecule has 25 heavy (non-hydrogen) atoms. The third-order valence-corrected chi connectivity index (χ3v) is 5.14. The fraction of sp³-hybridized carbons (Fsp3) is 0.222. The van der Waals surface area contributed by atoms with Crippen LogP contribution in [0.5, 0.6) is 5.75 Å². The number of phenolic OH excluding ortho intramolecular Hbond substituents is 1. The van der Waals surface area contributed by atoms with Crippen LogP contribution in [0, 0.1) is 10.1 Å². The van der Waals surface area contributed by atoms with Gasteiger partial charge in [0.1, 0.15) is 17.0 Å². The van der Waals surface area contributed by atoms with Gasteiger partial charge >= 0.3 is 0 Å². The fourth-order valence-corrected chi connectivity index (χ4v) is 3.72. The Morgan fingerprint density at radius 2 is 2.20 bits per heavy atom. The first-order chi connectivity index (χ1) is 12.0. The fourth-order valence-electron chi connectivity index (χ4n) is 2.87. The van der Waals surface area contributed by atoms with E-state index in [1.165, 1.54) is 23.6 Å². The average Bonchev–Trinajstić information content (AvgIpc) is 3.14. The number of Topliss-reactive ketones (excluding diaryl/α,β-unsaturated/α-hetero) is 1. The lowest BCUT2D eigenvalue weighted by Gasteiger charge is -2.17. The number of benzene rings is 1. The number of carbonyl (C=O) groups excluding carboxylic acids is 1. The number of non-ortho nitro benzene ring substituents is 1. The summed E-state index contributed by atoms with van der Waals surface area (Å²) in [6.45, 7) is 1.78. The third kappa shape index (κ3) is 3.23. The highest BCUT2D eigenvalue weighted by Gasteiger charge is 2.27. The summed E-state index contributed by atoms with van der Waals surface area (Å²) < 4.78 is 0. The molecular formula is C18H16N2O4S. The van der Waals surface area contributed by atoms with Crippen molar-refractivity contribution in [2.75, 3.05) is 0 Å². The summed E-state index contributed by atoms with van der Waals surface area (Å²) in [5, 5.41) is 24.4. The van der Waals surface area contributed by atoms with Crippen molar-refractivity contribution in [2.45, 2.75) is 25.7 Å². The van der Waals surface area contributed by atoms with Gasteiger partial charge in [0, 0.05) is 41.5 Å². The van der Waals surface area contributed by atoms with E-state index in [0.29, 0.717) is 12.0 Å². The van der Waals surface area contributed by atoms with E-state index in [9.17, 15) is 20.0 Å². The number of hydrogen-bond donors (Lipinski definition) is 1. The normalized spacial score (nSPS) is 12.2. The Bertz CT molecular complexity index is 938. The van der Waals surface area contributed by atoms with Crippen molar-refractivity contribution in [3.05, 3.63) is 62.5 Å². The number of rotatable bonds is 6. The highest BCUT2D eigenvalue weighted by molar-refractivity contribution is 7.10. The Kier molecular flexibility index (Phi) is 4.76. The SMILES string of the molecule is CCC(=O)CC(c1cccs1)c1cc([N+](=O)[O-])c2cccnc2c1O. The summed E-state index contributed by atoms with van der Waals surface area (Å²) in [4.78, 5) is 28.1. The first-order valence-electron chi connectivity index (χ1n) is 7.83. The summed E-state index contributed by atoms with van der Waals surface area (Å²) in [6, 6.07) is 8.24. The van der Waals surface area contributed by atoms with E-state index in [1.54, 1.807) is 19.1 Å². The second-order valence-electron chi connectivity index (χ2n) is 5.65. The Morgan fingerprint density at radius 3 is 2.84 bits per heavy atom. The van der Waals surface area contributed by atoms with Gasteiger partial charge in [-0.15, -0.1) is 11.3 Å². The molecule has 0 aliphatic heterocycles. The summed E-state index contributed by atoms with van der Waals surface area (Å²) in [5.74, 6) is -0.511. The predicted molar refractivity (Wildman–Crippen MR) is 96.1 cm³/mol. The number of carbonyl (C=O) groups is 1. The van der Waals surface area contributed by atoms with E-state index >= 15 is 0 Å². The first-order valence-corrected chi connectivity index (χ1v) is 8.71. The molecule has 1 atom stereocenters. The summed E-state index contributed by atoms with van der Waals surface area (Å²) in [6.07, 6.45) is 2.03. The zero-order chi connectivity index (χ0) is 18.0. The lowest BCUT2D eigenvalue weighted by atomic mass is 9.89. The number of nitro benzene ring substituents is 1. The van der Waals surface area contributed by atoms with Gasteiger partial charge in [0.15, 0.2) is 0 Å². The molecule has 0 saturated carbocycles. The predicted octanol–water partition coefficient (Wildman–Crippen LogP) is 4.41. The summed E-state index contributed by atoms with van der Waals surface area (Å²) in [5.41, 5.74) is 0.417. The number of pyridine rings is 1. The number of phenols is 1. The van der Waals surface area contributed by atoms with Crippen LogP contribution in [0.3, 0.4) is 0 Å². The molecule has 0 bridgehead atoms. The van der Waals surface area contributed by atoms with E-state index in [-0.39, 0.29) is 34.5 Å². The monoisotopic (exact) mass is 356 g/mol. The lowest BCUT2D eigenvalue weighted by Crippen LogP contribution is -2.08. The second kappa shape index (κ2) is 6.98. The van der Waals surface area contributed by atoms with Crippen molar-refractivity contribution in [1.29, 1.82) is 0 Å². The molecule has 0 saturated heterocycles. The molecule has 128 valence electrons. The molecule has 0 spiro atoms. The highest BCUT2D eigenvalue weighted by Crippen LogP contribution is 2.42. The van der Waals surface area contributed by atoms with Gasteiger partial charge in [-0.25, -0.2) is 0 Å². The van der Waals surface area contributed by atoms with Crippen LogP contribution < -0.4 is 0 Å². The molecule has 0 amide bonds. The van der Waals surface area contributed by atoms with Gasteiger partial charge in [-0.3, -0.25) is 19.9 Å². The van der Waals surface area contributed by atoms with Crippen LogP contribution >= 0.6 is 11.3 Å². The molecule has 0 radical (unpaired) electrons. The van der Waals surface area contributed by atoms with Crippen molar-refractivity contribution >= 4 is 33.7 Å². The van der Waals surface area contributed by atoms with Crippen LogP contribution in [0.25, 0.3) is 10.9 Å². The van der Waals surface area contributed by atoms with Gasteiger partial charge in [-0.1, -0.05) is 13.0 Å². The van der Waals surface area contributed by atoms with Crippen LogP contribution in [0.4, 0.5) is 5.69 Å². The number of fused-ring (bicyclic) bond motifs is 1. The van der Waals surface area contributed by atoms with Crippen molar-refractivity contribution in [1.82, 2.24) is 4.98 Å². The number of hydrogen-bond acceptors (Lipinski definition) is 6. The van der Waals surface area contributed by atoms with Gasteiger partial charge in [0.2, 0.25) is 0 Å². The number of aromatic hydroxyl groups is 1. The Labute approximate surface area is 147 Å². The molecule has 7 heteroatoms. The van der Waals surface area contributed by atoms with Crippen LogP contribution in [-0.4, -0.2) is 20.8 Å². The standard InChI is InChI=1S/C18H16N2O4S/c1-2-11(21)9-13(16-6-4-8-25-16)14-10-15(20(23)24)12-5-3-7-19-17(12)18(14)22/h3-8,10,13,22H,2,9H2,1H3. The maximum Gasteiger partial charge on any atom is 0.279 e. The number of aromatic nitrogens is 1. The molecule has 2 heterocycles. The molecule has 0 fully saturated rings. The van der Waals surface area contributed by atoms with E-state index < -0.39 is 10.8 Å². The number of ketones is 1. The molecule has 3 aromatic rings. The van der Waals surface area contributed by atoms with E-state index in [2.05, 4.69) is 4.98 Å². The van der Waals surface area contributed by atoms with E-state index in [4.69, 9.17) is 0 Å². The van der Waals surface area contributed by atoms with Crippen molar-refractivity contribution in [2.24, 2.45) is 0 Å². The van der Waals surface area contributed by atoms with Gasteiger partial charge in [0.05, 0.1) is 10.3 Å². The van der Waals surface area contributed by atoms with Crippen LogP contribution in [0.2, 0.25) is 0 Å². The van der Waals surface area contributed by atoms with Crippen molar-refractivity contribution in [3.8, 4) is 5.75 Å². The maximum absolute atomic E-state index is 12.1. The molecule has 3 rings (SSSR count). The van der Waals surface area contributed by atoms with Gasteiger partial charge < -0.3 is 5.11 Å². The Hall–Kier alpha value is -2.80. The highest BCUT2D eigenvalue weighted by atomic mass is 32.1.